The summed E-state index contributed by atoms with van der Waals surface area (Å²) in [6, 6.07) is 0. The molecule has 1 heterocycles. The lowest BCUT2D eigenvalue weighted by atomic mass is 10.1. The van der Waals surface area contributed by atoms with Crippen LogP contribution in [0.2, 0.25) is 0 Å². The predicted octanol–water partition coefficient (Wildman–Crippen LogP) is 12.7. The molecule has 53 heavy (non-hydrogen) atoms. The average molecular weight is 744 g/mol. The fourth-order valence-corrected chi connectivity index (χ4v) is 6.57. The van der Waals surface area contributed by atoms with Crippen LogP contribution < -0.4 is 0 Å². The molecule has 1 aliphatic rings. The van der Waals surface area contributed by atoms with E-state index in [0.717, 1.165) is 45.3 Å². The molecular formula is C47H85NO5. The van der Waals surface area contributed by atoms with Crippen LogP contribution in [0.25, 0.3) is 0 Å². The van der Waals surface area contributed by atoms with Gasteiger partial charge in [-0.25, -0.2) is 0 Å². The Labute approximate surface area is 328 Å². The number of allylic oxidation sites excluding steroid dienone is 8. The second kappa shape index (κ2) is 38.5. The molecule has 0 bridgehead atoms. The number of hydrogen-bond donors (Lipinski definition) is 0. The molecule has 0 aromatic rings. The van der Waals surface area contributed by atoms with Crippen LogP contribution in [0.3, 0.4) is 0 Å². The Bertz CT molecular complexity index is 913. The van der Waals surface area contributed by atoms with E-state index in [1.54, 1.807) is 0 Å². The van der Waals surface area contributed by atoms with Gasteiger partial charge in [0.25, 0.3) is 0 Å². The fourth-order valence-electron chi connectivity index (χ4n) is 6.57. The van der Waals surface area contributed by atoms with E-state index >= 15 is 0 Å². The molecule has 3 atom stereocenters. The van der Waals surface area contributed by atoms with Gasteiger partial charge in [-0.1, -0.05) is 140 Å². The first-order chi connectivity index (χ1) is 26.1. The first-order valence-corrected chi connectivity index (χ1v) is 22.3. The molecule has 0 amide bonds. The van der Waals surface area contributed by atoms with Gasteiger partial charge in [-0.15, -0.1) is 0 Å². The van der Waals surface area contributed by atoms with Crippen LogP contribution >= 0.6 is 0 Å². The Balaban J connectivity index is 2.24. The Morgan fingerprint density at radius 2 is 1.04 bits per heavy atom. The molecule has 1 fully saturated rings. The maximum Gasteiger partial charge on any atom is 0.305 e. The van der Waals surface area contributed by atoms with Crippen molar-refractivity contribution in [1.82, 2.24) is 4.90 Å². The zero-order chi connectivity index (χ0) is 38.3. The first kappa shape index (κ1) is 49.3. The van der Waals surface area contributed by atoms with E-state index in [9.17, 15) is 4.79 Å². The third-order valence-electron chi connectivity index (χ3n) is 9.93. The molecule has 1 rings (SSSR count). The van der Waals surface area contributed by atoms with Crippen LogP contribution in [0.15, 0.2) is 48.6 Å². The van der Waals surface area contributed by atoms with E-state index in [-0.39, 0.29) is 30.9 Å². The zero-order valence-electron chi connectivity index (χ0n) is 35.3. The minimum absolute atomic E-state index is 0.102. The molecule has 6 heteroatoms. The lowest BCUT2D eigenvalue weighted by Crippen LogP contribution is -2.38. The van der Waals surface area contributed by atoms with Gasteiger partial charge in [0.1, 0.15) is 24.9 Å². The second-order valence-electron chi connectivity index (χ2n) is 15.4. The van der Waals surface area contributed by atoms with Gasteiger partial charge in [0, 0.05) is 19.6 Å². The van der Waals surface area contributed by atoms with Crippen molar-refractivity contribution in [1.29, 1.82) is 0 Å². The number of carbonyl (C=O) groups is 1. The summed E-state index contributed by atoms with van der Waals surface area (Å²) < 4.78 is 24.4. The van der Waals surface area contributed by atoms with Gasteiger partial charge < -0.3 is 23.8 Å². The van der Waals surface area contributed by atoms with Crippen molar-refractivity contribution in [2.75, 3.05) is 47.1 Å². The second-order valence-corrected chi connectivity index (χ2v) is 15.4. The minimum atomic E-state index is -0.265. The molecule has 0 N–H and O–H groups in total. The highest BCUT2D eigenvalue weighted by atomic mass is 16.6. The highest BCUT2D eigenvalue weighted by Gasteiger charge is 2.39. The van der Waals surface area contributed by atoms with Gasteiger partial charge in [0.2, 0.25) is 0 Å². The van der Waals surface area contributed by atoms with Crippen molar-refractivity contribution in [3.8, 4) is 0 Å². The Morgan fingerprint density at radius 3 is 1.53 bits per heavy atom. The first-order valence-electron chi connectivity index (χ1n) is 22.3. The van der Waals surface area contributed by atoms with Crippen LogP contribution in [0, 0.1) is 0 Å². The lowest BCUT2D eigenvalue weighted by Gasteiger charge is -2.23. The van der Waals surface area contributed by atoms with E-state index in [2.05, 4.69) is 67.4 Å². The quantitative estimate of drug-likeness (QED) is 0.0356. The topological polar surface area (TPSA) is 57.2 Å². The molecule has 0 radical (unpaired) electrons. The van der Waals surface area contributed by atoms with Crippen molar-refractivity contribution in [3.05, 3.63) is 48.6 Å². The van der Waals surface area contributed by atoms with E-state index < -0.39 is 0 Å². The number of ether oxygens (including phenoxy) is 4. The monoisotopic (exact) mass is 744 g/mol. The van der Waals surface area contributed by atoms with Crippen LogP contribution in [0.5, 0.6) is 0 Å². The van der Waals surface area contributed by atoms with Crippen molar-refractivity contribution >= 4 is 5.97 Å². The number of rotatable bonds is 38. The fraction of sp³-hybridized carbons (Fsp3) is 0.809. The van der Waals surface area contributed by atoms with Crippen LogP contribution in [0.4, 0.5) is 0 Å². The molecule has 2 unspecified atom stereocenters. The van der Waals surface area contributed by atoms with Gasteiger partial charge >= 0.3 is 5.97 Å². The van der Waals surface area contributed by atoms with E-state index in [4.69, 9.17) is 18.9 Å². The summed E-state index contributed by atoms with van der Waals surface area (Å²) in [5.41, 5.74) is 0. The number of nitrogens with zero attached hydrogens (tertiary/aromatic N) is 1. The van der Waals surface area contributed by atoms with Gasteiger partial charge in [-0.3, -0.25) is 4.79 Å². The third kappa shape index (κ3) is 32.2. The van der Waals surface area contributed by atoms with Crippen molar-refractivity contribution in [2.45, 2.75) is 199 Å². The predicted molar refractivity (Wildman–Crippen MR) is 227 cm³/mol. The number of carbonyl (C=O) groups excluding carboxylic acids is 1. The van der Waals surface area contributed by atoms with Gasteiger partial charge in [0.05, 0.1) is 6.61 Å². The summed E-state index contributed by atoms with van der Waals surface area (Å²) >= 11 is 0. The van der Waals surface area contributed by atoms with Gasteiger partial charge in [-0.05, 0) is 104 Å². The molecule has 308 valence electrons. The van der Waals surface area contributed by atoms with Crippen LogP contribution in [-0.2, 0) is 23.7 Å². The third-order valence-corrected chi connectivity index (χ3v) is 9.93. The number of esters is 1. The molecular weight excluding hydrogens is 659 g/mol. The van der Waals surface area contributed by atoms with Gasteiger partial charge in [0.15, 0.2) is 0 Å². The SMILES string of the molecule is CCCCC/C=C\C/C=C\CCCCCCCCOC1CO[C@H](COC(=O)CCCN(C)C)C1OCCCCCCCC/C=C\C/C=C\CCCCC. The normalized spacial score (nSPS) is 17.9. The van der Waals surface area contributed by atoms with Gasteiger partial charge in [-0.2, -0.15) is 0 Å². The number of unbranched alkanes of at least 4 members (excludes halogenated alkanes) is 18. The van der Waals surface area contributed by atoms with E-state index in [0.29, 0.717) is 19.6 Å². The summed E-state index contributed by atoms with van der Waals surface area (Å²) in [5.74, 6) is -0.162. The summed E-state index contributed by atoms with van der Waals surface area (Å²) in [4.78, 5) is 14.4. The summed E-state index contributed by atoms with van der Waals surface area (Å²) in [6.45, 7) is 7.55. The summed E-state index contributed by atoms with van der Waals surface area (Å²) in [6.07, 6.45) is 48.9. The molecule has 0 spiro atoms. The summed E-state index contributed by atoms with van der Waals surface area (Å²) in [5, 5.41) is 0. The smallest absolute Gasteiger partial charge is 0.305 e. The zero-order valence-corrected chi connectivity index (χ0v) is 35.3. The summed E-state index contributed by atoms with van der Waals surface area (Å²) in [7, 11) is 4.04. The van der Waals surface area contributed by atoms with Crippen molar-refractivity contribution in [2.24, 2.45) is 0 Å². The molecule has 0 aliphatic carbocycles. The Kier molecular flexibility index (Phi) is 35.8. The molecule has 0 aromatic heterocycles. The largest absolute Gasteiger partial charge is 0.463 e. The molecule has 0 aromatic carbocycles. The molecule has 0 saturated carbocycles. The highest BCUT2D eigenvalue weighted by molar-refractivity contribution is 5.69. The highest BCUT2D eigenvalue weighted by Crippen LogP contribution is 2.23. The molecule has 1 saturated heterocycles. The maximum absolute atomic E-state index is 12.4. The van der Waals surface area contributed by atoms with E-state index in [1.807, 2.05) is 14.1 Å². The lowest BCUT2D eigenvalue weighted by molar-refractivity contribution is -0.150. The maximum atomic E-state index is 12.4. The van der Waals surface area contributed by atoms with E-state index in [1.165, 1.54) is 128 Å². The molecule has 6 nitrogen and oxygen atoms in total. The minimum Gasteiger partial charge on any atom is -0.463 e. The number of hydrogen-bond acceptors (Lipinski definition) is 6. The average Bonchev–Trinajstić information content (AvgIpc) is 3.54. The Hall–Kier alpha value is -1.73. The van der Waals surface area contributed by atoms with Crippen LogP contribution in [-0.4, -0.2) is 76.2 Å². The Morgan fingerprint density at radius 1 is 0.585 bits per heavy atom. The molecule has 1 aliphatic heterocycles. The standard InChI is InChI=1S/C47H85NO5/c1-5-7-9-11-13-15-17-19-21-23-25-27-29-31-33-35-40-50-44-42-52-45(43-53-46(49)38-37-39-48(3)4)47(44)51-41-36-34-32-30-28-26-24-22-20-18-16-14-12-10-8-6-2/h13-16,19-22,44-45,47H,5-12,17-18,23-43H2,1-4H3/b15-13-,16-14-,21-19-,22-20-/t44?,45-,47?/m1/s1. The van der Waals surface area contributed by atoms with Crippen molar-refractivity contribution < 1.29 is 23.7 Å². The van der Waals surface area contributed by atoms with Crippen LogP contribution in [0.1, 0.15) is 181 Å². The van der Waals surface area contributed by atoms with Crippen molar-refractivity contribution in [3.63, 3.8) is 0 Å².